The molecule has 0 N–H and O–H groups in total. The Morgan fingerprint density at radius 3 is 2.54 bits per heavy atom. The molecule has 0 spiro atoms. The van der Waals surface area contributed by atoms with Crippen LogP contribution in [-0.2, 0) is 11.2 Å². The highest BCUT2D eigenvalue weighted by molar-refractivity contribution is 5.49. The first-order valence-electron chi connectivity index (χ1n) is 9.26. The van der Waals surface area contributed by atoms with E-state index in [0.29, 0.717) is 35.4 Å². The first-order valence-corrected chi connectivity index (χ1v) is 9.26. The number of nitrogens with zero attached hydrogens (tertiary/aromatic N) is 5. The van der Waals surface area contributed by atoms with Crippen LogP contribution in [-0.4, -0.2) is 50.8 Å². The maximum Gasteiger partial charge on any atom is 0.245 e. The summed E-state index contributed by atoms with van der Waals surface area (Å²) in [7, 11) is 1.77. The first-order chi connectivity index (χ1) is 12.3. The third kappa shape index (κ3) is 3.26. The number of methoxy groups -OCH3 is 1. The summed E-state index contributed by atoms with van der Waals surface area (Å²) in [5.41, 5.74) is 1.31. The fourth-order valence-electron chi connectivity index (χ4n) is 4.31. The highest BCUT2D eigenvalue weighted by Crippen LogP contribution is 2.39. The smallest absolute Gasteiger partial charge is 0.245 e. The zero-order valence-corrected chi connectivity index (χ0v) is 15.5. The van der Waals surface area contributed by atoms with Crippen molar-refractivity contribution in [3.8, 4) is 0 Å². The molecule has 0 aliphatic carbocycles. The molecule has 2 aliphatic heterocycles. The summed E-state index contributed by atoms with van der Waals surface area (Å²) in [6.45, 7) is 2.80. The van der Waals surface area contributed by atoms with Gasteiger partial charge in [0.2, 0.25) is 11.9 Å². The van der Waals surface area contributed by atoms with E-state index in [4.69, 9.17) is 4.74 Å². The number of anilines is 1. The molecule has 2 aromatic heterocycles. The van der Waals surface area contributed by atoms with Gasteiger partial charge < -0.3 is 9.64 Å². The van der Waals surface area contributed by atoms with Crippen molar-refractivity contribution in [2.45, 2.75) is 76.5 Å². The molecule has 0 saturated carbocycles. The normalized spacial score (nSPS) is 26.0. The molecular formula is C18H25F2N5O. The maximum atomic E-state index is 13.2. The number of hydrogen-bond acceptors (Lipinski definition) is 5. The minimum atomic E-state index is -2.69. The highest BCUT2D eigenvalue weighted by Gasteiger charge is 2.42. The second kappa shape index (κ2) is 6.40. The van der Waals surface area contributed by atoms with E-state index in [1.165, 1.54) is 0 Å². The molecule has 0 aromatic carbocycles. The number of hydrogen-bond donors (Lipinski definition) is 0. The molecule has 0 amide bonds. The van der Waals surface area contributed by atoms with E-state index in [0.717, 1.165) is 38.6 Å². The standard InChI is InChI=1S/C18H25F2N5O/c1-11-21-16-8-12(6-7-18(2,19)20)23-25(16)17(22-11)24-13-4-5-14(24)10-15(9-13)26-3/h8,13-15H,4-7,9-10H2,1-3H3/t13-,14+,15?. The summed E-state index contributed by atoms with van der Waals surface area (Å²) in [5.74, 6) is -1.24. The van der Waals surface area contributed by atoms with E-state index >= 15 is 0 Å². The molecule has 2 fully saturated rings. The largest absolute Gasteiger partial charge is 0.381 e. The number of rotatable bonds is 5. The van der Waals surface area contributed by atoms with Gasteiger partial charge in [0.25, 0.3) is 0 Å². The van der Waals surface area contributed by atoms with Crippen LogP contribution in [0.3, 0.4) is 0 Å². The maximum absolute atomic E-state index is 13.2. The second-order valence-corrected chi connectivity index (χ2v) is 7.67. The van der Waals surface area contributed by atoms with Crippen molar-refractivity contribution in [1.82, 2.24) is 19.6 Å². The van der Waals surface area contributed by atoms with E-state index in [1.807, 2.05) is 6.92 Å². The van der Waals surface area contributed by atoms with Crippen LogP contribution < -0.4 is 4.90 Å². The molecule has 2 aromatic rings. The van der Waals surface area contributed by atoms with Crippen LogP contribution in [0.2, 0.25) is 0 Å². The average molecular weight is 365 g/mol. The first kappa shape index (κ1) is 17.6. The number of halogens is 2. The van der Waals surface area contributed by atoms with Crippen LogP contribution in [0.1, 0.15) is 50.5 Å². The van der Waals surface area contributed by atoms with Gasteiger partial charge in [-0.2, -0.15) is 14.6 Å². The van der Waals surface area contributed by atoms with E-state index in [1.54, 1.807) is 17.7 Å². The third-order valence-corrected chi connectivity index (χ3v) is 5.54. The molecule has 3 atom stereocenters. The van der Waals surface area contributed by atoms with Gasteiger partial charge >= 0.3 is 0 Å². The van der Waals surface area contributed by atoms with E-state index in [9.17, 15) is 8.78 Å². The topological polar surface area (TPSA) is 55.5 Å². The molecular weight excluding hydrogens is 340 g/mol. The van der Waals surface area contributed by atoms with Crippen molar-refractivity contribution in [3.63, 3.8) is 0 Å². The van der Waals surface area contributed by atoms with Gasteiger partial charge in [-0.3, -0.25) is 0 Å². The van der Waals surface area contributed by atoms with Crippen molar-refractivity contribution in [2.24, 2.45) is 0 Å². The molecule has 2 bridgehead atoms. The van der Waals surface area contributed by atoms with Gasteiger partial charge in [0.05, 0.1) is 11.8 Å². The van der Waals surface area contributed by atoms with Gasteiger partial charge in [-0.1, -0.05) is 0 Å². The molecule has 0 radical (unpaired) electrons. The quantitative estimate of drug-likeness (QED) is 0.815. The van der Waals surface area contributed by atoms with Crippen LogP contribution >= 0.6 is 0 Å². The zero-order chi connectivity index (χ0) is 18.5. The molecule has 2 aliphatic rings. The summed E-state index contributed by atoms with van der Waals surface area (Å²) in [4.78, 5) is 11.5. The van der Waals surface area contributed by atoms with Crippen molar-refractivity contribution in [2.75, 3.05) is 12.0 Å². The lowest BCUT2D eigenvalue weighted by Gasteiger charge is -2.38. The molecule has 2 saturated heterocycles. The monoisotopic (exact) mass is 365 g/mol. The molecule has 4 heterocycles. The van der Waals surface area contributed by atoms with Gasteiger partial charge in [0.15, 0.2) is 5.65 Å². The zero-order valence-electron chi connectivity index (χ0n) is 15.5. The van der Waals surface area contributed by atoms with Gasteiger partial charge in [0.1, 0.15) is 5.82 Å². The SMILES string of the molecule is COC1C[C@H]2CC[C@@H](C1)N2c1nc(C)nc2cc(CCC(C)(F)F)nn12. The van der Waals surface area contributed by atoms with Crippen LogP contribution in [0.25, 0.3) is 5.65 Å². The predicted octanol–water partition coefficient (Wildman–Crippen LogP) is 3.17. The van der Waals surface area contributed by atoms with Crippen LogP contribution in [0.5, 0.6) is 0 Å². The van der Waals surface area contributed by atoms with E-state index < -0.39 is 5.92 Å². The van der Waals surface area contributed by atoms with Crippen molar-refractivity contribution < 1.29 is 13.5 Å². The van der Waals surface area contributed by atoms with Gasteiger partial charge in [0, 0.05) is 31.7 Å². The van der Waals surface area contributed by atoms with Gasteiger partial charge in [-0.15, -0.1) is 0 Å². The van der Waals surface area contributed by atoms with Crippen molar-refractivity contribution in [3.05, 3.63) is 17.6 Å². The van der Waals surface area contributed by atoms with Crippen LogP contribution in [0.4, 0.5) is 14.7 Å². The van der Waals surface area contributed by atoms with E-state index in [2.05, 4.69) is 20.0 Å². The number of aryl methyl sites for hydroxylation is 2. The highest BCUT2D eigenvalue weighted by atomic mass is 19.3. The fraction of sp³-hybridized carbons (Fsp3) is 0.722. The Bertz CT molecular complexity index is 789. The summed E-state index contributed by atoms with van der Waals surface area (Å²) >= 11 is 0. The Kier molecular flexibility index (Phi) is 4.33. The average Bonchev–Trinajstić information content (AvgIpc) is 3.09. The molecule has 26 heavy (non-hydrogen) atoms. The van der Waals surface area contributed by atoms with Crippen LogP contribution in [0.15, 0.2) is 6.07 Å². The Morgan fingerprint density at radius 1 is 1.23 bits per heavy atom. The third-order valence-electron chi connectivity index (χ3n) is 5.54. The van der Waals surface area contributed by atoms with Crippen LogP contribution in [0, 0.1) is 6.92 Å². The van der Waals surface area contributed by atoms with E-state index in [-0.39, 0.29) is 12.8 Å². The summed E-state index contributed by atoms with van der Waals surface area (Å²) < 4.78 is 33.7. The Hall–Kier alpha value is -1.83. The number of aromatic nitrogens is 4. The number of fused-ring (bicyclic) bond motifs is 3. The fourth-order valence-corrected chi connectivity index (χ4v) is 4.31. The minimum absolute atomic E-state index is 0.219. The summed E-state index contributed by atoms with van der Waals surface area (Å²) in [5, 5.41) is 4.55. The molecule has 142 valence electrons. The van der Waals surface area contributed by atoms with Gasteiger partial charge in [-0.05, 0) is 46.0 Å². The lowest BCUT2D eigenvalue weighted by atomic mass is 10.0. The predicted molar refractivity (Wildman–Crippen MR) is 93.8 cm³/mol. The van der Waals surface area contributed by atoms with Gasteiger partial charge in [-0.25, -0.2) is 13.8 Å². The van der Waals surface area contributed by atoms with Crippen molar-refractivity contribution >= 4 is 11.6 Å². The summed E-state index contributed by atoms with van der Waals surface area (Å²) in [6.07, 6.45) is 4.49. The molecule has 8 heteroatoms. The lowest BCUT2D eigenvalue weighted by molar-refractivity contribution is 0.0130. The Labute approximate surface area is 151 Å². The minimum Gasteiger partial charge on any atom is -0.381 e. The Balaban J connectivity index is 1.68. The summed E-state index contributed by atoms with van der Waals surface area (Å²) in [6, 6.07) is 2.56. The number of ether oxygens (including phenoxy) is 1. The molecule has 1 unspecified atom stereocenters. The molecule has 6 nitrogen and oxygen atoms in total. The molecule has 4 rings (SSSR count). The lowest BCUT2D eigenvalue weighted by Crippen LogP contribution is -2.46. The van der Waals surface area contributed by atoms with Crippen molar-refractivity contribution in [1.29, 1.82) is 0 Å². The Morgan fingerprint density at radius 2 is 1.92 bits per heavy atom. The second-order valence-electron chi connectivity index (χ2n) is 7.67. The number of alkyl halides is 2. The number of piperidine rings is 1.